The molecule has 21 heavy (non-hydrogen) atoms. The number of halogens is 1. The molecule has 1 aromatic carbocycles. The smallest absolute Gasteiger partial charge is 0.337 e. The molecule has 0 radical (unpaired) electrons. The van der Waals surface area contributed by atoms with Gasteiger partial charge in [0.25, 0.3) is 10.0 Å². The van der Waals surface area contributed by atoms with Crippen molar-refractivity contribution in [2.75, 3.05) is 4.72 Å². The Morgan fingerprint density at radius 1 is 1.29 bits per heavy atom. The highest BCUT2D eigenvalue weighted by atomic mass is 79.9. The maximum Gasteiger partial charge on any atom is 0.337 e. The number of sulfonamides is 1. The van der Waals surface area contributed by atoms with Gasteiger partial charge in [0, 0.05) is 0 Å². The maximum absolute atomic E-state index is 12.3. The van der Waals surface area contributed by atoms with Crippen molar-refractivity contribution in [3.63, 3.8) is 0 Å². The molecule has 112 valence electrons. The lowest BCUT2D eigenvalue weighted by molar-refractivity contribution is 0.0698. The fraction of sp³-hybridized carbons (Fsp3) is 0.154. The summed E-state index contributed by atoms with van der Waals surface area (Å²) in [6, 6.07) is 6.06. The topological polar surface area (TPSA) is 83.5 Å². The van der Waals surface area contributed by atoms with Crippen LogP contribution in [-0.4, -0.2) is 19.5 Å². The molecule has 0 fully saturated rings. The lowest BCUT2D eigenvalue weighted by atomic mass is 10.1. The zero-order chi connectivity index (χ0) is 15.8. The van der Waals surface area contributed by atoms with E-state index in [-0.39, 0.29) is 15.5 Å². The highest BCUT2D eigenvalue weighted by Crippen LogP contribution is 2.32. The van der Waals surface area contributed by atoms with Gasteiger partial charge in [-0.2, -0.15) is 0 Å². The summed E-state index contributed by atoms with van der Waals surface area (Å²) < 4.78 is 27.8. The predicted molar refractivity (Wildman–Crippen MR) is 85.7 cm³/mol. The second-order valence-electron chi connectivity index (χ2n) is 4.48. The maximum atomic E-state index is 12.3. The molecule has 0 aliphatic heterocycles. The van der Waals surface area contributed by atoms with E-state index in [9.17, 15) is 13.2 Å². The van der Waals surface area contributed by atoms with Crippen LogP contribution in [0.3, 0.4) is 0 Å². The van der Waals surface area contributed by atoms with Crippen molar-refractivity contribution in [1.29, 1.82) is 0 Å². The molecule has 1 aromatic heterocycles. The number of carboxylic acids is 1. The number of aryl methyl sites for hydroxylation is 2. The third-order valence-electron chi connectivity index (χ3n) is 2.75. The summed E-state index contributed by atoms with van der Waals surface area (Å²) in [6.07, 6.45) is 0. The summed E-state index contributed by atoms with van der Waals surface area (Å²) in [5.41, 5.74) is 1.52. The Morgan fingerprint density at radius 2 is 1.95 bits per heavy atom. The molecule has 0 saturated heterocycles. The zero-order valence-corrected chi connectivity index (χ0v) is 14.4. The van der Waals surface area contributed by atoms with Crippen LogP contribution in [0, 0.1) is 13.8 Å². The first-order valence-corrected chi connectivity index (χ1v) is 8.92. The molecule has 2 N–H and O–H groups in total. The van der Waals surface area contributed by atoms with Gasteiger partial charge in [-0.1, -0.05) is 11.6 Å². The van der Waals surface area contributed by atoms with E-state index in [0.717, 1.165) is 26.3 Å². The minimum Gasteiger partial charge on any atom is -0.478 e. The average molecular weight is 390 g/mol. The number of benzene rings is 1. The van der Waals surface area contributed by atoms with Crippen LogP contribution in [0.4, 0.5) is 5.69 Å². The first-order valence-electron chi connectivity index (χ1n) is 5.83. The SMILES string of the molecule is Cc1ccc(NS(=O)(=O)c2cc(C)c(Br)s2)c(C(=O)O)c1. The van der Waals surface area contributed by atoms with Gasteiger partial charge in [0.2, 0.25) is 0 Å². The van der Waals surface area contributed by atoms with Crippen molar-refractivity contribution in [2.24, 2.45) is 0 Å². The van der Waals surface area contributed by atoms with Gasteiger partial charge in [-0.3, -0.25) is 4.72 Å². The highest BCUT2D eigenvalue weighted by Gasteiger charge is 2.21. The van der Waals surface area contributed by atoms with Gasteiger partial charge < -0.3 is 5.11 Å². The third kappa shape index (κ3) is 3.45. The molecule has 0 aliphatic rings. The summed E-state index contributed by atoms with van der Waals surface area (Å²) in [7, 11) is -3.81. The lowest BCUT2D eigenvalue weighted by Crippen LogP contribution is -2.14. The van der Waals surface area contributed by atoms with E-state index in [4.69, 9.17) is 5.11 Å². The largest absolute Gasteiger partial charge is 0.478 e. The molecular formula is C13H12BrNO4S2. The standard InChI is InChI=1S/C13H12BrNO4S2/c1-7-3-4-10(9(5-7)13(16)17)15-21(18,19)11-6-8(2)12(14)20-11/h3-6,15H,1-2H3,(H,16,17). The van der Waals surface area contributed by atoms with E-state index < -0.39 is 16.0 Å². The van der Waals surface area contributed by atoms with Crippen LogP contribution in [0.2, 0.25) is 0 Å². The summed E-state index contributed by atoms with van der Waals surface area (Å²) in [5, 5.41) is 9.17. The quantitative estimate of drug-likeness (QED) is 0.835. The van der Waals surface area contributed by atoms with Gasteiger partial charge in [-0.15, -0.1) is 11.3 Å². The van der Waals surface area contributed by atoms with E-state index >= 15 is 0 Å². The van der Waals surface area contributed by atoms with Gasteiger partial charge in [0.05, 0.1) is 15.0 Å². The van der Waals surface area contributed by atoms with E-state index in [1.54, 1.807) is 19.9 Å². The summed E-state index contributed by atoms with van der Waals surface area (Å²) in [5.74, 6) is -1.18. The van der Waals surface area contributed by atoms with Crippen molar-refractivity contribution in [3.05, 3.63) is 44.7 Å². The van der Waals surface area contributed by atoms with Crippen LogP contribution in [0.15, 0.2) is 32.3 Å². The number of thiophene rings is 1. The Labute approximate surface area is 134 Å². The van der Waals surface area contributed by atoms with Crippen LogP contribution in [-0.2, 0) is 10.0 Å². The van der Waals surface area contributed by atoms with Gasteiger partial charge in [-0.05, 0) is 53.5 Å². The predicted octanol–water partition coefficient (Wildman–Crippen LogP) is 3.63. The van der Waals surface area contributed by atoms with Gasteiger partial charge in [0.15, 0.2) is 0 Å². The van der Waals surface area contributed by atoms with Crippen LogP contribution >= 0.6 is 27.3 Å². The molecule has 0 saturated carbocycles. The molecular weight excluding hydrogens is 378 g/mol. The van der Waals surface area contributed by atoms with E-state index in [1.807, 2.05) is 0 Å². The fourth-order valence-corrected chi connectivity index (χ4v) is 4.99. The molecule has 0 aliphatic carbocycles. The second kappa shape index (κ2) is 5.78. The summed E-state index contributed by atoms with van der Waals surface area (Å²) >= 11 is 4.35. The Kier molecular flexibility index (Phi) is 4.40. The van der Waals surface area contributed by atoms with E-state index in [2.05, 4.69) is 20.7 Å². The number of hydrogen-bond donors (Lipinski definition) is 2. The molecule has 0 bridgehead atoms. The molecule has 2 rings (SSSR count). The van der Waals surface area contributed by atoms with Crippen LogP contribution in [0.5, 0.6) is 0 Å². The highest BCUT2D eigenvalue weighted by molar-refractivity contribution is 9.11. The average Bonchev–Trinajstić information content (AvgIpc) is 2.72. The molecule has 0 spiro atoms. The Balaban J connectivity index is 2.44. The zero-order valence-electron chi connectivity index (χ0n) is 11.2. The van der Waals surface area contributed by atoms with Crippen molar-refractivity contribution in [2.45, 2.75) is 18.1 Å². The number of hydrogen-bond acceptors (Lipinski definition) is 4. The van der Waals surface area contributed by atoms with Crippen molar-refractivity contribution < 1.29 is 18.3 Å². The van der Waals surface area contributed by atoms with Crippen LogP contribution in [0.1, 0.15) is 21.5 Å². The molecule has 2 aromatic rings. The first-order chi connectivity index (χ1) is 9.70. The monoisotopic (exact) mass is 389 g/mol. The first kappa shape index (κ1) is 16.0. The van der Waals surface area contributed by atoms with Gasteiger partial charge in [0.1, 0.15) is 4.21 Å². The molecule has 1 heterocycles. The molecule has 0 unspecified atom stereocenters. The number of nitrogens with one attached hydrogen (secondary N) is 1. The summed E-state index contributed by atoms with van der Waals surface area (Å²) in [4.78, 5) is 11.2. The number of aromatic carboxylic acids is 1. The van der Waals surface area contributed by atoms with Crippen molar-refractivity contribution in [1.82, 2.24) is 0 Å². The molecule has 0 amide bonds. The number of rotatable bonds is 4. The fourth-order valence-electron chi connectivity index (χ4n) is 1.68. The molecule has 0 atom stereocenters. The molecule has 8 heteroatoms. The summed E-state index contributed by atoms with van der Waals surface area (Å²) in [6.45, 7) is 3.53. The minimum atomic E-state index is -3.81. The minimum absolute atomic E-state index is 0.0512. The number of carbonyl (C=O) groups is 1. The Morgan fingerprint density at radius 3 is 2.48 bits per heavy atom. The van der Waals surface area contributed by atoms with Crippen LogP contribution in [0.25, 0.3) is 0 Å². The Hall–Kier alpha value is -1.38. The second-order valence-corrected chi connectivity index (χ2v) is 8.76. The van der Waals surface area contributed by atoms with Gasteiger partial charge >= 0.3 is 5.97 Å². The molecule has 5 nitrogen and oxygen atoms in total. The Bertz CT molecular complexity index is 792. The van der Waals surface area contributed by atoms with Crippen molar-refractivity contribution >= 4 is 48.9 Å². The van der Waals surface area contributed by atoms with E-state index in [1.165, 1.54) is 18.2 Å². The normalized spacial score (nSPS) is 11.4. The van der Waals surface area contributed by atoms with Crippen LogP contribution < -0.4 is 4.72 Å². The van der Waals surface area contributed by atoms with Gasteiger partial charge in [-0.25, -0.2) is 13.2 Å². The van der Waals surface area contributed by atoms with Crippen molar-refractivity contribution in [3.8, 4) is 0 Å². The number of carboxylic acid groups (broad SMARTS) is 1. The number of anilines is 1. The lowest BCUT2D eigenvalue weighted by Gasteiger charge is -2.10. The third-order valence-corrected chi connectivity index (χ3v) is 6.72. The van der Waals surface area contributed by atoms with E-state index in [0.29, 0.717) is 0 Å².